The number of rotatable bonds is 3. The highest BCUT2D eigenvalue weighted by atomic mass is 16.5. The predicted octanol–water partition coefficient (Wildman–Crippen LogP) is 3.88. The maximum Gasteiger partial charge on any atom is 0.126 e. The molecule has 0 fully saturated rings. The summed E-state index contributed by atoms with van der Waals surface area (Å²) in [5, 5.41) is 9.07. The molecule has 1 aliphatic rings. The predicted molar refractivity (Wildman–Crippen MR) is 79.8 cm³/mol. The van der Waals surface area contributed by atoms with E-state index in [-0.39, 0.29) is 12.0 Å². The lowest BCUT2D eigenvalue weighted by Crippen LogP contribution is -2.18. The second kappa shape index (κ2) is 5.01. The Morgan fingerprint density at radius 3 is 2.68 bits per heavy atom. The van der Waals surface area contributed by atoms with Crippen molar-refractivity contribution < 1.29 is 9.84 Å². The minimum Gasteiger partial charge on any atom is -0.492 e. The Bertz CT molecular complexity index is 510. The van der Waals surface area contributed by atoms with Crippen LogP contribution in [0, 0.1) is 0 Å². The van der Waals surface area contributed by atoms with Gasteiger partial charge in [-0.15, -0.1) is 0 Å². The summed E-state index contributed by atoms with van der Waals surface area (Å²) in [6, 6.07) is 4.42. The van der Waals surface area contributed by atoms with Crippen molar-refractivity contribution in [2.45, 2.75) is 46.0 Å². The average molecular weight is 260 g/mol. The fourth-order valence-electron chi connectivity index (χ4n) is 2.56. The number of ether oxygens (including phenoxy) is 1. The van der Waals surface area contributed by atoms with Gasteiger partial charge in [0.25, 0.3) is 0 Å². The topological polar surface area (TPSA) is 29.5 Å². The second-order valence-corrected chi connectivity index (χ2v) is 6.34. The highest BCUT2D eigenvalue weighted by Gasteiger charge is 2.34. The molecule has 1 aliphatic heterocycles. The summed E-state index contributed by atoms with van der Waals surface area (Å²) in [5.74, 6) is 1.50. The highest BCUT2D eigenvalue weighted by molar-refractivity contribution is 5.68. The van der Waals surface area contributed by atoms with Crippen molar-refractivity contribution in [3.63, 3.8) is 0 Å². The number of allylic oxidation sites excluding steroid dienone is 1. The molecule has 0 unspecified atom stereocenters. The van der Waals surface area contributed by atoms with Crippen molar-refractivity contribution in [2.75, 3.05) is 13.2 Å². The second-order valence-electron chi connectivity index (χ2n) is 6.34. The van der Waals surface area contributed by atoms with Gasteiger partial charge in [0, 0.05) is 11.0 Å². The standard InChI is InChI=1S/C17H24O2/c1-11(2)14-8-13(12(3)6-7-18)9-15-16(14)19-10-17(15,4)5/h6,8-9,11,18H,7,10H2,1-5H3. The molecule has 0 aliphatic carbocycles. The van der Waals surface area contributed by atoms with Gasteiger partial charge in [0.1, 0.15) is 5.75 Å². The van der Waals surface area contributed by atoms with Gasteiger partial charge in [0.2, 0.25) is 0 Å². The van der Waals surface area contributed by atoms with E-state index in [2.05, 4.69) is 39.8 Å². The lowest BCUT2D eigenvalue weighted by Gasteiger charge is -2.18. The molecule has 0 aromatic heterocycles. The summed E-state index contributed by atoms with van der Waals surface area (Å²) in [6.45, 7) is 11.7. The zero-order valence-corrected chi connectivity index (χ0v) is 12.6. The van der Waals surface area contributed by atoms with Crippen molar-refractivity contribution in [1.29, 1.82) is 0 Å². The van der Waals surface area contributed by atoms with Crippen LogP contribution in [0.5, 0.6) is 5.75 Å². The van der Waals surface area contributed by atoms with E-state index in [0.29, 0.717) is 5.92 Å². The molecule has 1 aromatic rings. The van der Waals surface area contributed by atoms with Gasteiger partial charge < -0.3 is 9.84 Å². The van der Waals surface area contributed by atoms with E-state index in [1.54, 1.807) is 0 Å². The van der Waals surface area contributed by atoms with E-state index in [1.807, 2.05) is 13.0 Å². The van der Waals surface area contributed by atoms with Crippen LogP contribution in [0.1, 0.15) is 57.2 Å². The Morgan fingerprint density at radius 2 is 2.11 bits per heavy atom. The summed E-state index contributed by atoms with van der Waals surface area (Å²) in [4.78, 5) is 0. The van der Waals surface area contributed by atoms with Crippen molar-refractivity contribution in [3.8, 4) is 5.75 Å². The largest absolute Gasteiger partial charge is 0.492 e. The number of benzene rings is 1. The van der Waals surface area contributed by atoms with Gasteiger partial charge in [-0.2, -0.15) is 0 Å². The van der Waals surface area contributed by atoms with Crippen LogP contribution < -0.4 is 4.74 Å². The van der Waals surface area contributed by atoms with Gasteiger partial charge >= 0.3 is 0 Å². The van der Waals surface area contributed by atoms with Gasteiger partial charge in [0.05, 0.1) is 13.2 Å². The minimum atomic E-state index is 0.0640. The van der Waals surface area contributed by atoms with Crippen LogP contribution in [-0.2, 0) is 5.41 Å². The molecule has 0 amide bonds. The number of aliphatic hydroxyl groups is 1. The van der Waals surface area contributed by atoms with E-state index in [0.717, 1.165) is 17.9 Å². The molecule has 2 heteroatoms. The number of fused-ring (bicyclic) bond motifs is 1. The summed E-state index contributed by atoms with van der Waals surface area (Å²) in [7, 11) is 0. The van der Waals surface area contributed by atoms with Gasteiger partial charge in [-0.05, 0) is 41.7 Å². The van der Waals surface area contributed by atoms with Crippen LogP contribution in [0.4, 0.5) is 0 Å². The van der Waals surface area contributed by atoms with E-state index in [1.165, 1.54) is 16.7 Å². The molecular formula is C17H24O2. The lowest BCUT2D eigenvalue weighted by molar-refractivity contribution is 0.288. The van der Waals surface area contributed by atoms with E-state index in [4.69, 9.17) is 9.84 Å². The molecule has 104 valence electrons. The molecule has 0 radical (unpaired) electrons. The third-order valence-electron chi connectivity index (χ3n) is 3.90. The molecule has 2 nitrogen and oxygen atoms in total. The van der Waals surface area contributed by atoms with Gasteiger partial charge in [0.15, 0.2) is 0 Å². The first-order chi connectivity index (χ1) is 8.86. The average Bonchev–Trinajstić information content (AvgIpc) is 2.64. The smallest absolute Gasteiger partial charge is 0.126 e. The van der Waals surface area contributed by atoms with Gasteiger partial charge in [-0.25, -0.2) is 0 Å². The normalized spacial score (nSPS) is 17.5. The van der Waals surface area contributed by atoms with Gasteiger partial charge in [-0.3, -0.25) is 0 Å². The maximum atomic E-state index is 9.07. The third kappa shape index (κ3) is 2.55. The summed E-state index contributed by atoms with van der Waals surface area (Å²) in [5.41, 5.74) is 4.93. The maximum absolute atomic E-state index is 9.07. The molecule has 19 heavy (non-hydrogen) atoms. The quantitative estimate of drug-likeness (QED) is 0.893. The molecule has 0 bridgehead atoms. The zero-order valence-electron chi connectivity index (χ0n) is 12.6. The van der Waals surface area contributed by atoms with E-state index in [9.17, 15) is 0 Å². The van der Waals surface area contributed by atoms with E-state index >= 15 is 0 Å². The van der Waals surface area contributed by atoms with Crippen LogP contribution in [-0.4, -0.2) is 18.3 Å². The van der Waals surface area contributed by atoms with Crippen LogP contribution in [0.3, 0.4) is 0 Å². The van der Waals surface area contributed by atoms with Crippen molar-refractivity contribution >= 4 is 5.57 Å². The molecule has 0 spiro atoms. The SMILES string of the molecule is CC(=CCO)c1cc(C(C)C)c2c(c1)C(C)(C)CO2. The van der Waals surface area contributed by atoms with Crippen LogP contribution in [0.15, 0.2) is 18.2 Å². The lowest BCUT2D eigenvalue weighted by atomic mass is 9.83. The zero-order chi connectivity index (χ0) is 14.2. The fourth-order valence-corrected chi connectivity index (χ4v) is 2.56. The number of hydrogen-bond acceptors (Lipinski definition) is 2. The third-order valence-corrected chi connectivity index (χ3v) is 3.90. The first-order valence-corrected chi connectivity index (χ1v) is 6.96. The Kier molecular flexibility index (Phi) is 3.73. The first-order valence-electron chi connectivity index (χ1n) is 6.96. The summed E-state index contributed by atoms with van der Waals surface area (Å²) in [6.07, 6.45) is 1.86. The number of aliphatic hydroxyl groups excluding tert-OH is 1. The Labute approximate surface area is 116 Å². The van der Waals surface area contributed by atoms with Crippen molar-refractivity contribution in [3.05, 3.63) is 34.9 Å². The molecule has 2 rings (SSSR count). The Morgan fingerprint density at radius 1 is 1.42 bits per heavy atom. The summed E-state index contributed by atoms with van der Waals surface area (Å²) >= 11 is 0. The molecular weight excluding hydrogens is 236 g/mol. The van der Waals surface area contributed by atoms with Gasteiger partial charge in [-0.1, -0.05) is 33.8 Å². The molecule has 0 saturated carbocycles. The number of hydrogen-bond donors (Lipinski definition) is 1. The molecule has 1 heterocycles. The molecule has 0 atom stereocenters. The fraction of sp³-hybridized carbons (Fsp3) is 0.529. The van der Waals surface area contributed by atoms with E-state index < -0.39 is 0 Å². The Balaban J connectivity index is 2.62. The highest BCUT2D eigenvalue weighted by Crippen LogP contribution is 2.44. The molecule has 0 saturated heterocycles. The minimum absolute atomic E-state index is 0.0640. The van der Waals surface area contributed by atoms with Crippen LogP contribution in [0.2, 0.25) is 0 Å². The first kappa shape index (κ1) is 14.1. The molecule has 1 N–H and O–H groups in total. The molecule has 1 aromatic carbocycles. The summed E-state index contributed by atoms with van der Waals surface area (Å²) < 4.78 is 5.93. The monoisotopic (exact) mass is 260 g/mol. The van der Waals surface area contributed by atoms with Crippen LogP contribution >= 0.6 is 0 Å². The van der Waals surface area contributed by atoms with Crippen molar-refractivity contribution in [2.24, 2.45) is 0 Å². The van der Waals surface area contributed by atoms with Crippen LogP contribution in [0.25, 0.3) is 5.57 Å². The van der Waals surface area contributed by atoms with Crippen molar-refractivity contribution in [1.82, 2.24) is 0 Å². The Hall–Kier alpha value is -1.28.